The highest BCUT2D eigenvalue weighted by atomic mass is 16.2. The molecule has 192 valence electrons. The highest BCUT2D eigenvalue weighted by Crippen LogP contribution is 2.21. The lowest BCUT2D eigenvalue weighted by Crippen LogP contribution is -2.42. The van der Waals surface area contributed by atoms with Crippen LogP contribution in [0.5, 0.6) is 0 Å². The maximum absolute atomic E-state index is 13.0. The molecule has 1 fully saturated rings. The Hall–Kier alpha value is -4.04. The minimum absolute atomic E-state index is 0.0353. The lowest BCUT2D eigenvalue weighted by molar-refractivity contribution is -0.121. The molecule has 3 aromatic rings. The number of benzene rings is 2. The number of pyridine rings is 1. The van der Waals surface area contributed by atoms with Gasteiger partial charge < -0.3 is 16.0 Å². The van der Waals surface area contributed by atoms with Crippen LogP contribution in [0.15, 0.2) is 72.9 Å². The van der Waals surface area contributed by atoms with Crippen molar-refractivity contribution in [1.29, 1.82) is 0 Å². The van der Waals surface area contributed by atoms with Gasteiger partial charge in [-0.1, -0.05) is 42.5 Å². The number of piperidine rings is 1. The van der Waals surface area contributed by atoms with Crippen LogP contribution in [0.4, 0.5) is 11.5 Å². The van der Waals surface area contributed by atoms with E-state index in [-0.39, 0.29) is 36.2 Å². The van der Waals surface area contributed by atoms with Gasteiger partial charge in [0.1, 0.15) is 5.82 Å². The Labute approximate surface area is 217 Å². The van der Waals surface area contributed by atoms with Crippen LogP contribution in [0.1, 0.15) is 47.3 Å². The van der Waals surface area contributed by atoms with Crippen molar-refractivity contribution in [2.45, 2.75) is 32.7 Å². The number of carbonyl (C=O) groups is 3. The molecule has 3 N–H and O–H groups in total. The summed E-state index contributed by atoms with van der Waals surface area (Å²) >= 11 is 0. The van der Waals surface area contributed by atoms with Crippen LogP contribution in [-0.2, 0) is 9.59 Å². The van der Waals surface area contributed by atoms with E-state index in [1.54, 1.807) is 30.5 Å². The molecule has 0 spiro atoms. The standard InChI is InChI=1S/C29H33N5O3/c1-20-12-15-30-26(18-20)33-28(36)23-13-16-34(17-14-23)19-27(35)32-25-11-7-6-10-24(25)29(37)31-21(2)22-8-4-3-5-9-22/h3-12,15,18,21,23H,13-14,16-17,19H2,1-2H3,(H,31,37)(H,32,35)(H,30,33,36). The van der Waals surface area contributed by atoms with E-state index in [9.17, 15) is 14.4 Å². The molecule has 0 aliphatic carbocycles. The molecule has 3 amide bonds. The van der Waals surface area contributed by atoms with Gasteiger partial charge in [-0.25, -0.2) is 4.98 Å². The van der Waals surface area contributed by atoms with Crippen LogP contribution in [0.3, 0.4) is 0 Å². The summed E-state index contributed by atoms with van der Waals surface area (Å²) in [6.07, 6.45) is 3.01. The summed E-state index contributed by atoms with van der Waals surface area (Å²) in [5.74, 6) is -0.0254. The number of aromatic nitrogens is 1. The third-order valence-electron chi connectivity index (χ3n) is 6.59. The van der Waals surface area contributed by atoms with E-state index in [4.69, 9.17) is 0 Å². The van der Waals surface area contributed by atoms with Gasteiger partial charge in [0.2, 0.25) is 11.8 Å². The summed E-state index contributed by atoms with van der Waals surface area (Å²) in [6, 6.07) is 20.3. The monoisotopic (exact) mass is 499 g/mol. The van der Waals surface area contributed by atoms with Crippen molar-refractivity contribution in [2.75, 3.05) is 30.3 Å². The number of aryl methyl sites for hydroxylation is 1. The topological polar surface area (TPSA) is 103 Å². The number of likely N-dealkylation sites (tertiary alicyclic amines) is 1. The molecule has 1 aromatic heterocycles. The molecule has 2 heterocycles. The SMILES string of the molecule is Cc1ccnc(NC(=O)C2CCN(CC(=O)Nc3ccccc3C(=O)NC(C)c3ccccc3)CC2)c1. The molecule has 0 saturated carbocycles. The molecule has 37 heavy (non-hydrogen) atoms. The number of anilines is 2. The molecule has 1 aliphatic heterocycles. The molecule has 8 nitrogen and oxygen atoms in total. The van der Waals surface area contributed by atoms with Gasteiger partial charge in [-0.05, 0) is 75.2 Å². The van der Waals surface area contributed by atoms with Gasteiger partial charge in [-0.3, -0.25) is 19.3 Å². The Bertz CT molecular complexity index is 1240. The number of carbonyl (C=O) groups excluding carboxylic acids is 3. The fraction of sp³-hybridized carbons (Fsp3) is 0.310. The molecule has 8 heteroatoms. The van der Waals surface area contributed by atoms with Crippen molar-refractivity contribution < 1.29 is 14.4 Å². The number of hydrogen-bond acceptors (Lipinski definition) is 5. The van der Waals surface area contributed by atoms with Crippen molar-refractivity contribution in [3.63, 3.8) is 0 Å². The van der Waals surface area contributed by atoms with Gasteiger partial charge in [-0.15, -0.1) is 0 Å². The molecule has 1 atom stereocenters. The molecule has 0 bridgehead atoms. The summed E-state index contributed by atoms with van der Waals surface area (Å²) in [7, 11) is 0. The second-order valence-electron chi connectivity index (χ2n) is 9.46. The van der Waals surface area contributed by atoms with E-state index in [2.05, 4.69) is 20.9 Å². The first-order valence-electron chi connectivity index (χ1n) is 12.6. The Kier molecular flexibility index (Phi) is 8.64. The molecule has 1 aliphatic rings. The minimum Gasteiger partial charge on any atom is -0.345 e. The van der Waals surface area contributed by atoms with Crippen LogP contribution in [-0.4, -0.2) is 47.2 Å². The first kappa shape index (κ1) is 26.0. The van der Waals surface area contributed by atoms with Gasteiger partial charge in [0.05, 0.1) is 23.8 Å². The predicted octanol–water partition coefficient (Wildman–Crippen LogP) is 4.17. The fourth-order valence-corrected chi connectivity index (χ4v) is 4.47. The van der Waals surface area contributed by atoms with E-state index in [1.165, 1.54) is 0 Å². The van der Waals surface area contributed by atoms with E-state index < -0.39 is 0 Å². The normalized spacial score (nSPS) is 15.0. The summed E-state index contributed by atoms with van der Waals surface area (Å²) < 4.78 is 0. The van der Waals surface area contributed by atoms with Gasteiger partial charge in [-0.2, -0.15) is 0 Å². The molecule has 0 radical (unpaired) electrons. The van der Waals surface area contributed by atoms with E-state index in [0.717, 1.165) is 11.1 Å². The van der Waals surface area contributed by atoms with Crippen LogP contribution in [0.25, 0.3) is 0 Å². The summed E-state index contributed by atoms with van der Waals surface area (Å²) in [4.78, 5) is 44.6. The zero-order valence-electron chi connectivity index (χ0n) is 21.2. The summed E-state index contributed by atoms with van der Waals surface area (Å²) in [5.41, 5.74) is 2.93. The average molecular weight is 500 g/mol. The molecule has 4 rings (SSSR count). The molecular formula is C29H33N5O3. The zero-order valence-corrected chi connectivity index (χ0v) is 21.2. The van der Waals surface area contributed by atoms with Crippen LogP contribution < -0.4 is 16.0 Å². The van der Waals surface area contributed by atoms with E-state index in [1.807, 2.05) is 61.2 Å². The van der Waals surface area contributed by atoms with Crippen LogP contribution in [0.2, 0.25) is 0 Å². The van der Waals surface area contributed by atoms with Gasteiger partial charge >= 0.3 is 0 Å². The number of nitrogens with one attached hydrogen (secondary N) is 3. The Morgan fingerprint density at radius 3 is 2.41 bits per heavy atom. The fourth-order valence-electron chi connectivity index (χ4n) is 4.47. The lowest BCUT2D eigenvalue weighted by atomic mass is 9.96. The second-order valence-corrected chi connectivity index (χ2v) is 9.46. The van der Waals surface area contributed by atoms with Crippen molar-refractivity contribution in [2.24, 2.45) is 5.92 Å². The molecular weight excluding hydrogens is 466 g/mol. The maximum Gasteiger partial charge on any atom is 0.253 e. The maximum atomic E-state index is 13.0. The van der Waals surface area contributed by atoms with Crippen LogP contribution in [0, 0.1) is 12.8 Å². The second kappa shape index (κ2) is 12.3. The third kappa shape index (κ3) is 7.24. The summed E-state index contributed by atoms with van der Waals surface area (Å²) in [6.45, 7) is 5.36. The summed E-state index contributed by atoms with van der Waals surface area (Å²) in [5, 5.41) is 8.79. The van der Waals surface area contributed by atoms with Gasteiger partial charge in [0, 0.05) is 12.1 Å². The van der Waals surface area contributed by atoms with Crippen molar-refractivity contribution >= 4 is 29.2 Å². The lowest BCUT2D eigenvalue weighted by Gasteiger charge is -2.30. The van der Waals surface area contributed by atoms with E-state index >= 15 is 0 Å². The number of hydrogen-bond donors (Lipinski definition) is 3. The Morgan fingerprint density at radius 2 is 1.68 bits per heavy atom. The average Bonchev–Trinajstić information content (AvgIpc) is 2.90. The number of nitrogens with zero attached hydrogens (tertiary/aromatic N) is 2. The van der Waals surface area contributed by atoms with Gasteiger partial charge in [0.25, 0.3) is 5.91 Å². The van der Waals surface area contributed by atoms with Crippen molar-refractivity contribution in [3.05, 3.63) is 89.6 Å². The van der Waals surface area contributed by atoms with Crippen molar-refractivity contribution in [1.82, 2.24) is 15.2 Å². The van der Waals surface area contributed by atoms with Crippen molar-refractivity contribution in [3.8, 4) is 0 Å². The molecule has 1 unspecified atom stereocenters. The molecule has 2 aromatic carbocycles. The minimum atomic E-state index is -0.248. The predicted molar refractivity (Wildman–Crippen MR) is 144 cm³/mol. The first-order chi connectivity index (χ1) is 17.9. The third-order valence-corrected chi connectivity index (χ3v) is 6.59. The van der Waals surface area contributed by atoms with E-state index in [0.29, 0.717) is 43.0 Å². The van der Waals surface area contributed by atoms with Gasteiger partial charge in [0.15, 0.2) is 0 Å². The number of para-hydroxylation sites is 1. The number of amides is 3. The largest absolute Gasteiger partial charge is 0.345 e. The Morgan fingerprint density at radius 1 is 0.973 bits per heavy atom. The van der Waals surface area contributed by atoms with Crippen LogP contribution >= 0.6 is 0 Å². The highest BCUT2D eigenvalue weighted by molar-refractivity contribution is 6.04. The molecule has 1 saturated heterocycles. The number of rotatable bonds is 8. The zero-order chi connectivity index (χ0) is 26.2. The Balaban J connectivity index is 1.27. The first-order valence-corrected chi connectivity index (χ1v) is 12.6. The highest BCUT2D eigenvalue weighted by Gasteiger charge is 2.26. The smallest absolute Gasteiger partial charge is 0.253 e. The quantitative estimate of drug-likeness (QED) is 0.432.